The van der Waals surface area contributed by atoms with Crippen LogP contribution in [0.25, 0.3) is 0 Å². The quantitative estimate of drug-likeness (QED) is 0.764. The van der Waals surface area contributed by atoms with Gasteiger partial charge in [-0.3, -0.25) is 4.79 Å². The Morgan fingerprint density at radius 3 is 2.59 bits per heavy atom. The van der Waals surface area contributed by atoms with E-state index in [2.05, 4.69) is 0 Å². The van der Waals surface area contributed by atoms with E-state index in [1.807, 2.05) is 6.92 Å². The first-order valence-electron chi connectivity index (χ1n) is 6.14. The Bertz CT molecular complexity index is 365. The van der Waals surface area contributed by atoms with Gasteiger partial charge in [-0.25, -0.2) is 8.42 Å². The van der Waals surface area contributed by atoms with Gasteiger partial charge in [-0.1, -0.05) is 13.3 Å². The number of hydrogen-bond donors (Lipinski definition) is 1. The Hall–Kier alpha value is -0.620. The van der Waals surface area contributed by atoms with Crippen LogP contribution < -0.4 is 5.73 Å². The van der Waals surface area contributed by atoms with Gasteiger partial charge in [0.05, 0.1) is 17.5 Å². The minimum Gasteiger partial charge on any atom is -0.337 e. The van der Waals surface area contributed by atoms with Gasteiger partial charge < -0.3 is 10.6 Å². The molecule has 1 aliphatic heterocycles. The molecule has 5 nitrogen and oxygen atoms in total. The molecule has 0 aliphatic carbocycles. The van der Waals surface area contributed by atoms with E-state index in [0.29, 0.717) is 13.0 Å². The highest BCUT2D eigenvalue weighted by Crippen LogP contribution is 2.19. The number of rotatable bonds is 5. The molecule has 0 spiro atoms. The lowest BCUT2D eigenvalue weighted by molar-refractivity contribution is -0.134. The number of amides is 1. The molecule has 2 atom stereocenters. The maximum Gasteiger partial charge on any atom is 0.239 e. The fourth-order valence-electron chi connectivity index (χ4n) is 2.08. The van der Waals surface area contributed by atoms with Crippen LogP contribution in [0.2, 0.25) is 0 Å². The summed E-state index contributed by atoms with van der Waals surface area (Å²) < 4.78 is 22.9. The third kappa shape index (κ3) is 3.96. The van der Waals surface area contributed by atoms with Crippen molar-refractivity contribution in [1.29, 1.82) is 0 Å². The Morgan fingerprint density at radius 1 is 1.53 bits per heavy atom. The fourth-order valence-corrected chi connectivity index (χ4v) is 3.81. The van der Waals surface area contributed by atoms with E-state index in [1.165, 1.54) is 0 Å². The van der Waals surface area contributed by atoms with Crippen LogP contribution >= 0.6 is 0 Å². The highest BCUT2D eigenvalue weighted by molar-refractivity contribution is 7.91. The van der Waals surface area contributed by atoms with Crippen molar-refractivity contribution in [2.45, 2.75) is 45.2 Å². The summed E-state index contributed by atoms with van der Waals surface area (Å²) in [6.45, 7) is 4.29. The maximum absolute atomic E-state index is 12.0. The summed E-state index contributed by atoms with van der Waals surface area (Å²) in [5.74, 6) is 0.141. The van der Waals surface area contributed by atoms with Crippen molar-refractivity contribution in [2.75, 3.05) is 18.1 Å². The summed E-state index contributed by atoms with van der Waals surface area (Å²) in [7, 11) is -2.96. The molecule has 1 saturated heterocycles. The Balaban J connectivity index is 2.73. The van der Waals surface area contributed by atoms with Crippen LogP contribution in [0.1, 0.15) is 33.1 Å². The highest BCUT2D eigenvalue weighted by atomic mass is 32.2. The summed E-state index contributed by atoms with van der Waals surface area (Å²) in [6.07, 6.45) is 2.40. The topological polar surface area (TPSA) is 80.5 Å². The molecule has 1 amide bonds. The van der Waals surface area contributed by atoms with Crippen LogP contribution in [-0.2, 0) is 14.6 Å². The van der Waals surface area contributed by atoms with Crippen molar-refractivity contribution in [3.05, 3.63) is 0 Å². The number of hydrogen-bond acceptors (Lipinski definition) is 4. The summed E-state index contributed by atoms with van der Waals surface area (Å²) in [5, 5.41) is 0. The van der Waals surface area contributed by atoms with Crippen LogP contribution in [-0.4, -0.2) is 49.4 Å². The van der Waals surface area contributed by atoms with Crippen molar-refractivity contribution >= 4 is 15.7 Å². The lowest BCUT2D eigenvalue weighted by Crippen LogP contribution is -2.48. The predicted molar refractivity (Wildman–Crippen MR) is 67.3 cm³/mol. The Morgan fingerprint density at radius 2 is 2.18 bits per heavy atom. The zero-order chi connectivity index (χ0) is 13.1. The minimum atomic E-state index is -2.96. The lowest BCUT2D eigenvalue weighted by Gasteiger charge is -2.29. The van der Waals surface area contributed by atoms with Crippen molar-refractivity contribution in [1.82, 2.24) is 4.90 Å². The zero-order valence-electron chi connectivity index (χ0n) is 10.6. The first-order valence-corrected chi connectivity index (χ1v) is 7.96. The Kier molecular flexibility index (Phi) is 4.94. The van der Waals surface area contributed by atoms with Gasteiger partial charge in [0, 0.05) is 12.6 Å². The third-order valence-corrected chi connectivity index (χ3v) is 4.82. The van der Waals surface area contributed by atoms with E-state index >= 15 is 0 Å². The molecule has 100 valence electrons. The second-order valence-corrected chi connectivity index (χ2v) is 6.96. The zero-order valence-corrected chi connectivity index (χ0v) is 11.4. The predicted octanol–water partition coefficient (Wildman–Crippen LogP) is 0.149. The molecule has 0 aromatic heterocycles. The van der Waals surface area contributed by atoms with Crippen molar-refractivity contribution in [2.24, 2.45) is 5.73 Å². The molecule has 6 heteroatoms. The summed E-state index contributed by atoms with van der Waals surface area (Å²) in [4.78, 5) is 13.6. The smallest absolute Gasteiger partial charge is 0.239 e. The molecule has 1 unspecified atom stereocenters. The minimum absolute atomic E-state index is 0.0924. The summed E-state index contributed by atoms with van der Waals surface area (Å²) in [6, 6.07) is -0.736. The summed E-state index contributed by atoms with van der Waals surface area (Å²) >= 11 is 0. The van der Waals surface area contributed by atoms with Gasteiger partial charge in [0.1, 0.15) is 0 Å². The molecule has 0 saturated carbocycles. The van der Waals surface area contributed by atoms with Gasteiger partial charge in [0.2, 0.25) is 5.91 Å². The van der Waals surface area contributed by atoms with E-state index in [9.17, 15) is 13.2 Å². The number of carbonyl (C=O) groups excluding carboxylic acids is 1. The average molecular weight is 262 g/mol. The SMILES string of the molecule is CCCCN(C(=O)[C@H](C)N)C1CCS(=O)(=O)C1. The first kappa shape index (κ1) is 14.4. The first-order chi connectivity index (χ1) is 7.87. The fraction of sp³-hybridized carbons (Fsp3) is 0.909. The molecule has 0 aromatic rings. The van der Waals surface area contributed by atoms with Crippen LogP contribution in [0.15, 0.2) is 0 Å². The lowest BCUT2D eigenvalue weighted by atomic mass is 10.1. The van der Waals surface area contributed by atoms with E-state index in [0.717, 1.165) is 12.8 Å². The van der Waals surface area contributed by atoms with Crippen LogP contribution in [0.5, 0.6) is 0 Å². The second kappa shape index (κ2) is 5.82. The summed E-state index contributed by atoms with van der Waals surface area (Å²) in [5.41, 5.74) is 5.60. The molecule has 0 radical (unpaired) electrons. The van der Waals surface area contributed by atoms with Crippen LogP contribution in [0.3, 0.4) is 0 Å². The van der Waals surface area contributed by atoms with Gasteiger partial charge in [-0.15, -0.1) is 0 Å². The molecule has 1 aliphatic rings. The molecule has 0 bridgehead atoms. The number of carbonyl (C=O) groups is 1. The van der Waals surface area contributed by atoms with Crippen molar-refractivity contribution in [3.8, 4) is 0 Å². The van der Waals surface area contributed by atoms with Gasteiger partial charge >= 0.3 is 0 Å². The highest BCUT2D eigenvalue weighted by Gasteiger charge is 2.34. The van der Waals surface area contributed by atoms with E-state index < -0.39 is 15.9 Å². The van der Waals surface area contributed by atoms with Gasteiger partial charge in [-0.2, -0.15) is 0 Å². The molecule has 1 rings (SSSR count). The van der Waals surface area contributed by atoms with Crippen molar-refractivity contribution in [3.63, 3.8) is 0 Å². The monoisotopic (exact) mass is 262 g/mol. The molecule has 2 N–H and O–H groups in total. The van der Waals surface area contributed by atoms with Gasteiger partial charge in [0.25, 0.3) is 0 Å². The van der Waals surface area contributed by atoms with Crippen LogP contribution in [0, 0.1) is 0 Å². The van der Waals surface area contributed by atoms with E-state index in [4.69, 9.17) is 5.73 Å². The molecular formula is C11H22N2O3S. The molecule has 17 heavy (non-hydrogen) atoms. The van der Waals surface area contributed by atoms with E-state index in [1.54, 1.807) is 11.8 Å². The Labute approximate surface area is 103 Å². The number of nitrogens with two attached hydrogens (primary N) is 1. The molecule has 1 heterocycles. The molecule has 0 aromatic carbocycles. The van der Waals surface area contributed by atoms with Gasteiger partial charge in [-0.05, 0) is 19.8 Å². The molecular weight excluding hydrogens is 240 g/mol. The average Bonchev–Trinajstić information content (AvgIpc) is 2.59. The number of sulfone groups is 1. The normalized spacial score (nSPS) is 24.5. The van der Waals surface area contributed by atoms with Gasteiger partial charge in [0.15, 0.2) is 9.84 Å². The largest absolute Gasteiger partial charge is 0.337 e. The van der Waals surface area contributed by atoms with Crippen LogP contribution in [0.4, 0.5) is 0 Å². The number of unbranched alkanes of at least 4 members (excludes halogenated alkanes) is 1. The molecule has 1 fully saturated rings. The standard InChI is InChI=1S/C11H22N2O3S/c1-3-4-6-13(11(14)9(2)12)10-5-7-17(15,16)8-10/h9-10H,3-8,12H2,1-2H3/t9-,10?/m0/s1. The van der Waals surface area contributed by atoms with Crippen molar-refractivity contribution < 1.29 is 13.2 Å². The maximum atomic E-state index is 12.0. The number of nitrogens with zero attached hydrogens (tertiary/aromatic N) is 1. The van der Waals surface area contributed by atoms with E-state index in [-0.39, 0.29) is 23.5 Å². The third-order valence-electron chi connectivity index (χ3n) is 3.07. The second-order valence-electron chi connectivity index (χ2n) is 4.73.